The molecule has 2 rings (SSSR count). The molecule has 0 atom stereocenters. The number of rotatable bonds is 2. The number of aliphatic imine (C=N–C) groups is 1. The van der Waals surface area contributed by atoms with Crippen LogP contribution in [0, 0.1) is 0 Å². The van der Waals surface area contributed by atoms with Crippen molar-refractivity contribution in [3.05, 3.63) is 22.4 Å². The Bertz CT molecular complexity index is 427. The zero-order valence-electron chi connectivity index (χ0n) is 7.78. The Morgan fingerprint density at radius 2 is 2.43 bits per heavy atom. The molecule has 0 amide bonds. The summed E-state index contributed by atoms with van der Waals surface area (Å²) in [6, 6.07) is 4.24. The van der Waals surface area contributed by atoms with Gasteiger partial charge in [-0.25, -0.2) is 5.84 Å². The quantitative estimate of drug-likeness (QED) is 0.356. The van der Waals surface area contributed by atoms with Crippen LogP contribution >= 0.6 is 22.7 Å². The Morgan fingerprint density at radius 1 is 1.57 bits per heavy atom. The summed E-state index contributed by atoms with van der Waals surface area (Å²) in [5, 5.41) is 2.09. The lowest BCUT2D eigenvalue weighted by molar-refractivity contribution is 0.995. The number of hydrazine groups is 1. The third-order valence-corrected chi connectivity index (χ3v) is 3.93. The maximum atomic E-state index is 5.41. The van der Waals surface area contributed by atoms with Gasteiger partial charge in [0, 0.05) is 15.9 Å². The van der Waals surface area contributed by atoms with E-state index in [0.29, 0.717) is 0 Å². The number of amidine groups is 1. The number of nitrogens with zero attached hydrogens (tertiary/aromatic N) is 1. The number of hydrogen-bond donors (Lipinski definition) is 2. The van der Waals surface area contributed by atoms with Crippen LogP contribution in [0.1, 0.15) is 11.8 Å². The predicted molar refractivity (Wildman–Crippen MR) is 64.1 cm³/mol. The van der Waals surface area contributed by atoms with Crippen LogP contribution in [-0.4, -0.2) is 12.4 Å². The molecule has 0 saturated carbocycles. The molecule has 0 spiro atoms. The van der Waals surface area contributed by atoms with E-state index in [0.717, 1.165) is 17.3 Å². The van der Waals surface area contributed by atoms with E-state index in [2.05, 4.69) is 27.9 Å². The largest absolute Gasteiger partial charge is 0.308 e. The normalized spacial score (nSPS) is 12.3. The molecule has 74 valence electrons. The number of nitrogens with one attached hydrogen (secondary N) is 1. The van der Waals surface area contributed by atoms with Crippen LogP contribution in [0.2, 0.25) is 0 Å². The van der Waals surface area contributed by atoms with Crippen molar-refractivity contribution in [2.45, 2.75) is 6.92 Å². The number of nitrogens with two attached hydrogens (primary N) is 1. The second-order valence-electron chi connectivity index (χ2n) is 2.73. The van der Waals surface area contributed by atoms with Crippen LogP contribution in [0.5, 0.6) is 0 Å². The minimum atomic E-state index is 0.741. The molecule has 0 radical (unpaired) electrons. The number of hydrogen-bond acceptors (Lipinski definition) is 4. The Kier molecular flexibility index (Phi) is 2.81. The molecule has 0 unspecified atom stereocenters. The minimum absolute atomic E-state index is 0.741. The van der Waals surface area contributed by atoms with Gasteiger partial charge in [0.05, 0.1) is 4.88 Å². The van der Waals surface area contributed by atoms with Gasteiger partial charge in [-0.2, -0.15) is 0 Å². The molecule has 0 aliphatic carbocycles. The number of thiophene rings is 2. The van der Waals surface area contributed by atoms with Gasteiger partial charge in [0.15, 0.2) is 5.84 Å². The third kappa shape index (κ3) is 1.66. The standard InChI is InChI=1S/C9H11N3S2/c1-2-11-9(12-10)8-5-7-6(14-8)3-4-13-7/h3-5H,2,10H2,1H3,(H,11,12). The van der Waals surface area contributed by atoms with Gasteiger partial charge in [-0.05, 0) is 24.4 Å². The molecule has 0 aliphatic rings. The lowest BCUT2D eigenvalue weighted by atomic mass is 10.4. The first-order valence-corrected chi connectivity index (χ1v) is 6.03. The van der Waals surface area contributed by atoms with E-state index in [1.165, 1.54) is 9.40 Å². The van der Waals surface area contributed by atoms with E-state index in [1.807, 2.05) is 6.92 Å². The predicted octanol–water partition coefficient (Wildman–Crippen LogP) is 2.19. The summed E-state index contributed by atoms with van der Waals surface area (Å²) in [6.45, 7) is 2.73. The van der Waals surface area contributed by atoms with Crippen molar-refractivity contribution in [2.75, 3.05) is 6.54 Å². The highest BCUT2D eigenvalue weighted by Gasteiger charge is 2.07. The van der Waals surface area contributed by atoms with E-state index in [9.17, 15) is 0 Å². The SMILES string of the molecule is CCN=C(NN)c1cc2sccc2s1. The fraction of sp³-hybridized carbons (Fsp3) is 0.222. The summed E-state index contributed by atoms with van der Waals surface area (Å²) in [7, 11) is 0. The smallest absolute Gasteiger partial charge is 0.152 e. The molecule has 0 saturated heterocycles. The van der Waals surface area contributed by atoms with Crippen molar-refractivity contribution < 1.29 is 0 Å². The Labute approximate surface area is 90.2 Å². The summed E-state index contributed by atoms with van der Waals surface area (Å²) < 4.78 is 2.59. The number of fused-ring (bicyclic) bond motifs is 1. The van der Waals surface area contributed by atoms with E-state index in [-0.39, 0.29) is 0 Å². The van der Waals surface area contributed by atoms with Gasteiger partial charge in [0.2, 0.25) is 0 Å². The van der Waals surface area contributed by atoms with Crippen molar-refractivity contribution in [2.24, 2.45) is 10.8 Å². The summed E-state index contributed by atoms with van der Waals surface area (Å²) in [4.78, 5) is 5.39. The van der Waals surface area contributed by atoms with Crippen molar-refractivity contribution in [3.8, 4) is 0 Å². The van der Waals surface area contributed by atoms with Crippen LogP contribution in [0.15, 0.2) is 22.5 Å². The molecule has 2 aromatic heterocycles. The highest BCUT2D eigenvalue weighted by atomic mass is 32.1. The zero-order valence-corrected chi connectivity index (χ0v) is 9.41. The minimum Gasteiger partial charge on any atom is -0.308 e. The average Bonchev–Trinajstić information content (AvgIpc) is 2.73. The molecule has 2 heterocycles. The maximum Gasteiger partial charge on any atom is 0.152 e. The molecule has 0 aliphatic heterocycles. The first-order chi connectivity index (χ1) is 6.85. The first-order valence-electron chi connectivity index (χ1n) is 4.33. The molecular weight excluding hydrogens is 214 g/mol. The molecular formula is C9H11N3S2. The fourth-order valence-corrected chi connectivity index (χ4v) is 3.32. The van der Waals surface area contributed by atoms with Crippen LogP contribution < -0.4 is 11.3 Å². The Morgan fingerprint density at radius 3 is 3.07 bits per heavy atom. The van der Waals surface area contributed by atoms with Gasteiger partial charge in [0.1, 0.15) is 0 Å². The third-order valence-electron chi connectivity index (χ3n) is 1.83. The van der Waals surface area contributed by atoms with Gasteiger partial charge in [-0.3, -0.25) is 4.99 Å². The molecule has 0 bridgehead atoms. The van der Waals surface area contributed by atoms with Gasteiger partial charge in [-0.1, -0.05) is 0 Å². The Hall–Kier alpha value is -0.910. The summed E-state index contributed by atoms with van der Waals surface area (Å²) >= 11 is 3.45. The summed E-state index contributed by atoms with van der Waals surface area (Å²) in [5.41, 5.74) is 2.64. The van der Waals surface area contributed by atoms with Crippen LogP contribution in [0.3, 0.4) is 0 Å². The lowest BCUT2D eigenvalue weighted by Crippen LogP contribution is -2.30. The van der Waals surface area contributed by atoms with Crippen LogP contribution in [-0.2, 0) is 0 Å². The highest BCUT2D eigenvalue weighted by molar-refractivity contribution is 7.27. The monoisotopic (exact) mass is 225 g/mol. The molecule has 14 heavy (non-hydrogen) atoms. The lowest BCUT2D eigenvalue weighted by Gasteiger charge is -2.00. The second-order valence-corrected chi connectivity index (χ2v) is 4.76. The van der Waals surface area contributed by atoms with E-state index in [4.69, 9.17) is 5.84 Å². The van der Waals surface area contributed by atoms with Crippen LogP contribution in [0.25, 0.3) is 9.40 Å². The molecule has 5 heteroatoms. The second kappa shape index (κ2) is 4.08. The van der Waals surface area contributed by atoms with E-state index < -0.39 is 0 Å². The summed E-state index contributed by atoms with van der Waals surface area (Å²) in [6.07, 6.45) is 0. The van der Waals surface area contributed by atoms with Gasteiger partial charge in [-0.15, -0.1) is 22.7 Å². The van der Waals surface area contributed by atoms with Gasteiger partial charge in [0.25, 0.3) is 0 Å². The fourth-order valence-electron chi connectivity index (χ4n) is 1.24. The van der Waals surface area contributed by atoms with Crippen molar-refractivity contribution in [1.29, 1.82) is 0 Å². The average molecular weight is 225 g/mol. The molecule has 0 aromatic carbocycles. The molecule has 3 nitrogen and oxygen atoms in total. The van der Waals surface area contributed by atoms with Gasteiger partial charge >= 0.3 is 0 Å². The first kappa shape index (κ1) is 9.64. The molecule has 2 aromatic rings. The zero-order chi connectivity index (χ0) is 9.97. The van der Waals surface area contributed by atoms with Gasteiger partial charge < -0.3 is 5.43 Å². The topological polar surface area (TPSA) is 50.4 Å². The van der Waals surface area contributed by atoms with E-state index >= 15 is 0 Å². The van der Waals surface area contributed by atoms with E-state index in [1.54, 1.807) is 22.7 Å². The van der Waals surface area contributed by atoms with Crippen LogP contribution in [0.4, 0.5) is 0 Å². The van der Waals surface area contributed by atoms with Crippen molar-refractivity contribution in [3.63, 3.8) is 0 Å². The molecule has 3 N–H and O–H groups in total. The maximum absolute atomic E-state index is 5.41. The van der Waals surface area contributed by atoms with Crippen molar-refractivity contribution in [1.82, 2.24) is 5.43 Å². The van der Waals surface area contributed by atoms with Crippen molar-refractivity contribution >= 4 is 37.9 Å². The Balaban J connectivity index is 2.42. The summed E-state index contributed by atoms with van der Waals surface area (Å²) in [5.74, 6) is 6.19. The highest BCUT2D eigenvalue weighted by Crippen LogP contribution is 2.29. The molecule has 0 fully saturated rings.